The van der Waals surface area contributed by atoms with Crippen LogP contribution in [0.4, 0.5) is 13.2 Å². The highest BCUT2D eigenvalue weighted by atomic mass is 32.2. The maximum atomic E-state index is 11.9. The first kappa shape index (κ1) is 14.2. The lowest BCUT2D eigenvalue weighted by molar-refractivity contribution is -0.137. The van der Waals surface area contributed by atoms with Crippen LogP contribution >= 0.6 is 0 Å². The highest BCUT2D eigenvalue weighted by Crippen LogP contribution is 2.21. The summed E-state index contributed by atoms with van der Waals surface area (Å²) in [5, 5.41) is 6.96. The number of hydrogen-bond donors (Lipinski definition) is 1. The van der Waals surface area contributed by atoms with Crippen molar-refractivity contribution in [2.75, 3.05) is 0 Å². The molecule has 88 valence electrons. The second-order valence-corrected chi connectivity index (χ2v) is 5.19. The van der Waals surface area contributed by atoms with Gasteiger partial charge in [0.2, 0.25) is 10.0 Å². The number of nitrogens with one attached hydrogen (secondary N) is 1. The first-order chi connectivity index (χ1) is 6.58. The van der Waals surface area contributed by atoms with Crippen LogP contribution in [0.1, 0.15) is 20.3 Å². The van der Waals surface area contributed by atoms with Crippen molar-refractivity contribution in [2.45, 2.75) is 37.7 Å². The van der Waals surface area contributed by atoms with Crippen LogP contribution in [0.15, 0.2) is 0 Å². The molecule has 1 N–H and O–H groups in total. The van der Waals surface area contributed by atoms with E-state index in [0.717, 1.165) is 13.8 Å². The average molecular weight is 244 g/mol. The van der Waals surface area contributed by atoms with Crippen molar-refractivity contribution in [2.24, 2.45) is 0 Å². The van der Waals surface area contributed by atoms with Gasteiger partial charge in [0.1, 0.15) is 0 Å². The molecule has 0 aromatic heterocycles. The van der Waals surface area contributed by atoms with E-state index in [1.165, 1.54) is 6.07 Å². The van der Waals surface area contributed by atoms with Gasteiger partial charge < -0.3 is 0 Å². The zero-order valence-electron chi connectivity index (χ0n) is 8.17. The molecule has 0 aromatic rings. The van der Waals surface area contributed by atoms with E-state index in [0.29, 0.717) is 0 Å². The predicted molar refractivity (Wildman–Crippen MR) is 47.3 cm³/mol. The maximum absolute atomic E-state index is 11.9. The van der Waals surface area contributed by atoms with Crippen LogP contribution in [0.2, 0.25) is 0 Å². The molecule has 0 radical (unpaired) electrons. The monoisotopic (exact) mass is 244 g/mol. The van der Waals surface area contributed by atoms with Crippen molar-refractivity contribution in [3.05, 3.63) is 0 Å². The molecule has 8 heteroatoms. The van der Waals surface area contributed by atoms with E-state index in [1.54, 1.807) is 4.72 Å². The summed E-state index contributed by atoms with van der Waals surface area (Å²) in [6, 6.07) is 0.169. The van der Waals surface area contributed by atoms with Gasteiger partial charge in [0.25, 0.3) is 0 Å². The van der Waals surface area contributed by atoms with E-state index < -0.39 is 33.9 Å². The number of nitrogens with zero attached hydrogens (tertiary/aromatic N) is 1. The molecule has 0 aromatic carbocycles. The summed E-state index contributed by atoms with van der Waals surface area (Å²) in [7, 11) is -3.99. The molecule has 0 heterocycles. The summed E-state index contributed by atoms with van der Waals surface area (Å²) in [6.45, 7) is 2.19. The fraction of sp³-hybridized carbons (Fsp3) is 0.857. The van der Waals surface area contributed by atoms with E-state index in [4.69, 9.17) is 5.26 Å². The molecule has 0 aliphatic rings. The highest BCUT2D eigenvalue weighted by Gasteiger charge is 2.32. The van der Waals surface area contributed by atoms with Crippen molar-refractivity contribution in [1.29, 1.82) is 5.26 Å². The lowest BCUT2D eigenvalue weighted by atomic mass is 10.2. The maximum Gasteiger partial charge on any atom is 0.390 e. The molecule has 4 nitrogen and oxygen atoms in total. The van der Waals surface area contributed by atoms with Crippen LogP contribution in [0.5, 0.6) is 0 Å². The van der Waals surface area contributed by atoms with Gasteiger partial charge in [-0.3, -0.25) is 0 Å². The van der Waals surface area contributed by atoms with Gasteiger partial charge >= 0.3 is 6.18 Å². The Labute approximate surface area is 86.1 Å². The van der Waals surface area contributed by atoms with Gasteiger partial charge in [0.15, 0.2) is 5.25 Å². The van der Waals surface area contributed by atoms with E-state index in [1.807, 2.05) is 0 Å². The molecule has 0 amide bonds. The zero-order chi connectivity index (χ0) is 12.3. The van der Waals surface area contributed by atoms with Gasteiger partial charge in [-0.05, 0) is 13.8 Å². The molecule has 0 saturated carbocycles. The number of sulfonamides is 1. The van der Waals surface area contributed by atoms with Gasteiger partial charge in [0, 0.05) is 6.04 Å². The Morgan fingerprint density at radius 3 is 2.20 bits per heavy atom. The Hall–Kier alpha value is -0.810. The molecular formula is C7H11F3N2O2S. The normalized spacial score (nSPS) is 16.8. The minimum absolute atomic E-state index is 1.09. The van der Waals surface area contributed by atoms with Crippen LogP contribution in [-0.4, -0.2) is 25.9 Å². The number of hydrogen-bond acceptors (Lipinski definition) is 3. The molecule has 0 spiro atoms. The average Bonchev–Trinajstić information content (AvgIpc) is 1.97. The molecule has 0 aliphatic heterocycles. The van der Waals surface area contributed by atoms with Crippen LogP contribution in [0, 0.1) is 11.3 Å². The summed E-state index contributed by atoms with van der Waals surface area (Å²) >= 11 is 0. The number of nitriles is 1. The van der Waals surface area contributed by atoms with Crippen molar-refractivity contribution in [1.82, 2.24) is 4.72 Å². The van der Waals surface area contributed by atoms with Crippen molar-refractivity contribution in [3.8, 4) is 6.07 Å². The molecule has 15 heavy (non-hydrogen) atoms. The largest absolute Gasteiger partial charge is 0.390 e. The van der Waals surface area contributed by atoms with Gasteiger partial charge in [-0.25, -0.2) is 13.1 Å². The molecule has 0 rings (SSSR count). The first-order valence-corrected chi connectivity index (χ1v) is 5.60. The second-order valence-electron chi connectivity index (χ2n) is 3.15. The Balaban J connectivity index is 4.44. The van der Waals surface area contributed by atoms with Crippen molar-refractivity contribution < 1.29 is 21.6 Å². The van der Waals surface area contributed by atoms with Crippen molar-refractivity contribution in [3.63, 3.8) is 0 Å². The van der Waals surface area contributed by atoms with Gasteiger partial charge in [-0.1, -0.05) is 0 Å². The van der Waals surface area contributed by atoms with Gasteiger partial charge in [-0.2, -0.15) is 18.4 Å². The quantitative estimate of drug-likeness (QED) is 0.806. The Morgan fingerprint density at radius 2 is 1.87 bits per heavy atom. The fourth-order valence-corrected chi connectivity index (χ4v) is 1.83. The standard InChI is InChI=1S/C7H11F3N2O2S/c1-5(3-7(8,9)10)12-15(13,14)6(2)4-11/h5-6,12H,3H2,1-2H3. The third-order valence-electron chi connectivity index (χ3n) is 1.55. The Bertz CT molecular complexity index is 344. The van der Waals surface area contributed by atoms with E-state index >= 15 is 0 Å². The molecule has 0 fully saturated rings. The molecule has 0 bridgehead atoms. The fourth-order valence-electron chi connectivity index (χ4n) is 0.841. The van der Waals surface area contributed by atoms with Gasteiger partial charge in [-0.15, -0.1) is 0 Å². The number of alkyl halides is 3. The smallest absolute Gasteiger partial charge is 0.211 e. The van der Waals surface area contributed by atoms with E-state index in [9.17, 15) is 21.6 Å². The Kier molecular flexibility index (Phi) is 4.55. The van der Waals surface area contributed by atoms with Crippen LogP contribution in [-0.2, 0) is 10.0 Å². The van der Waals surface area contributed by atoms with Crippen molar-refractivity contribution >= 4 is 10.0 Å². The minimum Gasteiger partial charge on any atom is -0.211 e. The van der Waals surface area contributed by atoms with Crippen LogP contribution in [0.3, 0.4) is 0 Å². The zero-order valence-corrected chi connectivity index (χ0v) is 8.98. The first-order valence-electron chi connectivity index (χ1n) is 4.06. The molecule has 0 saturated heterocycles. The summed E-state index contributed by atoms with van der Waals surface area (Å²) in [6.07, 6.45) is -5.69. The van der Waals surface area contributed by atoms with Gasteiger partial charge in [0.05, 0.1) is 12.5 Å². The lowest BCUT2D eigenvalue weighted by Gasteiger charge is -2.16. The topological polar surface area (TPSA) is 70.0 Å². The number of rotatable bonds is 4. The molecular weight excluding hydrogens is 233 g/mol. The summed E-state index contributed by atoms with van der Waals surface area (Å²) in [5.74, 6) is 0. The van der Waals surface area contributed by atoms with E-state index in [-0.39, 0.29) is 0 Å². The number of halogens is 3. The highest BCUT2D eigenvalue weighted by molar-refractivity contribution is 7.90. The summed E-state index contributed by atoms with van der Waals surface area (Å²) < 4.78 is 59.7. The molecule has 2 unspecified atom stereocenters. The Morgan fingerprint density at radius 1 is 1.40 bits per heavy atom. The predicted octanol–water partition coefficient (Wildman–Crippen LogP) is 1.16. The summed E-state index contributed by atoms with van der Waals surface area (Å²) in [5.41, 5.74) is 0. The SMILES string of the molecule is CC(CC(F)(F)F)NS(=O)(=O)C(C)C#N. The van der Waals surface area contributed by atoms with Crippen LogP contribution in [0.25, 0.3) is 0 Å². The molecule has 0 aliphatic carbocycles. The van der Waals surface area contributed by atoms with E-state index in [2.05, 4.69) is 0 Å². The third kappa shape index (κ3) is 5.59. The van der Waals surface area contributed by atoms with Crippen LogP contribution < -0.4 is 4.72 Å². The minimum atomic E-state index is -4.43. The summed E-state index contributed by atoms with van der Waals surface area (Å²) in [4.78, 5) is 0. The second kappa shape index (κ2) is 4.81. The molecule has 2 atom stereocenters. The third-order valence-corrected chi connectivity index (χ3v) is 3.32. The lowest BCUT2D eigenvalue weighted by Crippen LogP contribution is -2.40.